The lowest BCUT2D eigenvalue weighted by Crippen LogP contribution is -2.25. The average molecular weight is 233 g/mol. The van der Waals surface area contributed by atoms with Crippen LogP contribution < -0.4 is 11.5 Å². The van der Waals surface area contributed by atoms with Gasteiger partial charge in [-0.05, 0) is 25.7 Å². The highest BCUT2D eigenvalue weighted by molar-refractivity contribution is 5.85. The first kappa shape index (κ1) is 12.4. The van der Waals surface area contributed by atoms with Crippen LogP contribution in [0.4, 0.5) is 0 Å². The van der Waals surface area contributed by atoms with Crippen molar-refractivity contribution in [1.82, 2.24) is 10.1 Å². The molecule has 1 aliphatic rings. The fraction of sp³-hybridized carbons (Fsp3) is 0.778. The van der Waals surface area contributed by atoms with Crippen LogP contribution in [-0.2, 0) is 6.54 Å². The molecule has 15 heavy (non-hydrogen) atoms. The Balaban J connectivity index is 0.00000112. The van der Waals surface area contributed by atoms with Gasteiger partial charge in [-0.2, -0.15) is 4.98 Å². The van der Waals surface area contributed by atoms with Crippen molar-refractivity contribution in [3.05, 3.63) is 11.7 Å². The van der Waals surface area contributed by atoms with Crippen LogP contribution in [0, 0.1) is 0 Å². The summed E-state index contributed by atoms with van der Waals surface area (Å²) in [6, 6.07) is 0.350. The molecule has 1 heterocycles. The number of nitrogens with zero attached hydrogens (tertiary/aromatic N) is 2. The van der Waals surface area contributed by atoms with Gasteiger partial charge < -0.3 is 16.0 Å². The van der Waals surface area contributed by atoms with E-state index >= 15 is 0 Å². The van der Waals surface area contributed by atoms with Crippen molar-refractivity contribution in [2.75, 3.05) is 0 Å². The van der Waals surface area contributed by atoms with Crippen molar-refractivity contribution in [2.45, 2.75) is 44.2 Å². The fourth-order valence-electron chi connectivity index (χ4n) is 1.88. The summed E-state index contributed by atoms with van der Waals surface area (Å²) in [6.45, 7) is 0.343. The predicted octanol–water partition coefficient (Wildman–Crippen LogP) is 0.935. The maximum absolute atomic E-state index is 5.82. The molecule has 1 saturated carbocycles. The second-order valence-electron chi connectivity index (χ2n) is 3.86. The maximum Gasteiger partial charge on any atom is 0.229 e. The van der Waals surface area contributed by atoms with Gasteiger partial charge in [0.15, 0.2) is 5.82 Å². The summed E-state index contributed by atoms with van der Waals surface area (Å²) in [5.41, 5.74) is 11.2. The molecular formula is C9H17ClN4O. The average Bonchev–Trinajstić information content (AvgIpc) is 2.67. The van der Waals surface area contributed by atoms with Gasteiger partial charge in [-0.1, -0.05) is 5.16 Å². The Morgan fingerprint density at radius 2 is 1.93 bits per heavy atom. The third-order valence-electron chi connectivity index (χ3n) is 2.79. The van der Waals surface area contributed by atoms with Crippen LogP contribution in [0.1, 0.15) is 43.3 Å². The van der Waals surface area contributed by atoms with Gasteiger partial charge in [-0.3, -0.25) is 0 Å². The van der Waals surface area contributed by atoms with Gasteiger partial charge in [-0.25, -0.2) is 0 Å². The second kappa shape index (κ2) is 5.44. The lowest BCUT2D eigenvalue weighted by molar-refractivity contribution is 0.300. The fourth-order valence-corrected chi connectivity index (χ4v) is 1.88. The zero-order valence-electron chi connectivity index (χ0n) is 8.56. The molecule has 6 heteroatoms. The van der Waals surface area contributed by atoms with E-state index in [4.69, 9.17) is 16.0 Å². The van der Waals surface area contributed by atoms with E-state index in [2.05, 4.69) is 10.1 Å². The first-order chi connectivity index (χ1) is 6.79. The molecule has 0 atom stereocenters. The minimum atomic E-state index is 0. The molecule has 0 saturated heterocycles. The quantitative estimate of drug-likeness (QED) is 0.792. The molecule has 1 aromatic rings. The van der Waals surface area contributed by atoms with Gasteiger partial charge in [0.1, 0.15) is 0 Å². The molecule has 0 aromatic carbocycles. The highest BCUT2D eigenvalue weighted by Gasteiger charge is 2.24. The van der Waals surface area contributed by atoms with Gasteiger partial charge >= 0.3 is 0 Å². The van der Waals surface area contributed by atoms with Gasteiger partial charge in [0.2, 0.25) is 5.89 Å². The van der Waals surface area contributed by atoms with Gasteiger partial charge in [-0.15, -0.1) is 12.4 Å². The molecule has 5 nitrogen and oxygen atoms in total. The lowest BCUT2D eigenvalue weighted by atomic mass is 9.86. The summed E-state index contributed by atoms with van der Waals surface area (Å²) in [5.74, 6) is 1.72. The molecule has 0 bridgehead atoms. The smallest absolute Gasteiger partial charge is 0.229 e. The van der Waals surface area contributed by atoms with Crippen LogP contribution in [0.2, 0.25) is 0 Å². The molecular weight excluding hydrogens is 216 g/mol. The van der Waals surface area contributed by atoms with Gasteiger partial charge in [0, 0.05) is 12.0 Å². The molecule has 0 unspecified atom stereocenters. The van der Waals surface area contributed by atoms with Crippen LogP contribution in [0.15, 0.2) is 4.52 Å². The highest BCUT2D eigenvalue weighted by atomic mass is 35.5. The van der Waals surface area contributed by atoms with Crippen LogP contribution in [0.25, 0.3) is 0 Å². The van der Waals surface area contributed by atoms with E-state index in [9.17, 15) is 0 Å². The SMILES string of the molecule is Cl.NCc1noc(C2CCC(N)CC2)n1. The van der Waals surface area contributed by atoms with Crippen molar-refractivity contribution in [3.8, 4) is 0 Å². The van der Waals surface area contributed by atoms with Crippen molar-refractivity contribution in [3.63, 3.8) is 0 Å². The molecule has 86 valence electrons. The molecule has 4 N–H and O–H groups in total. The molecule has 1 aliphatic carbocycles. The topological polar surface area (TPSA) is 91.0 Å². The second-order valence-corrected chi connectivity index (χ2v) is 3.86. The number of halogens is 1. The minimum Gasteiger partial charge on any atom is -0.339 e. The van der Waals surface area contributed by atoms with Crippen LogP contribution in [0.3, 0.4) is 0 Å². The van der Waals surface area contributed by atoms with E-state index in [-0.39, 0.29) is 12.4 Å². The Morgan fingerprint density at radius 1 is 1.27 bits per heavy atom. The Hall–Kier alpha value is -0.650. The number of nitrogens with two attached hydrogens (primary N) is 2. The lowest BCUT2D eigenvalue weighted by Gasteiger charge is -2.22. The van der Waals surface area contributed by atoms with E-state index < -0.39 is 0 Å². The van der Waals surface area contributed by atoms with Crippen LogP contribution in [-0.4, -0.2) is 16.2 Å². The summed E-state index contributed by atoms with van der Waals surface area (Å²) >= 11 is 0. The standard InChI is InChI=1S/C9H16N4O.ClH/c10-5-8-12-9(14-13-8)6-1-3-7(11)4-2-6;/h6-7H,1-5,10-11H2;1H. The normalized spacial score (nSPS) is 26.0. The van der Waals surface area contributed by atoms with E-state index in [1.165, 1.54) is 0 Å². The largest absolute Gasteiger partial charge is 0.339 e. The van der Waals surface area contributed by atoms with E-state index in [0.717, 1.165) is 31.6 Å². The zero-order valence-corrected chi connectivity index (χ0v) is 9.37. The minimum absolute atomic E-state index is 0. The third kappa shape index (κ3) is 2.90. The molecule has 1 fully saturated rings. The number of hydrogen-bond donors (Lipinski definition) is 2. The Morgan fingerprint density at radius 3 is 2.47 bits per heavy atom. The molecule has 0 amide bonds. The van der Waals surface area contributed by atoms with E-state index in [1.54, 1.807) is 0 Å². The Bertz CT molecular complexity index is 296. The van der Waals surface area contributed by atoms with Crippen molar-refractivity contribution in [1.29, 1.82) is 0 Å². The van der Waals surface area contributed by atoms with E-state index in [0.29, 0.717) is 24.3 Å². The summed E-state index contributed by atoms with van der Waals surface area (Å²) in [6.07, 6.45) is 4.19. The summed E-state index contributed by atoms with van der Waals surface area (Å²) < 4.78 is 5.15. The Labute approximate surface area is 95.0 Å². The molecule has 0 spiro atoms. The van der Waals surface area contributed by atoms with Crippen LogP contribution >= 0.6 is 12.4 Å². The molecule has 2 rings (SSSR count). The number of aromatic nitrogens is 2. The van der Waals surface area contributed by atoms with Crippen molar-refractivity contribution >= 4 is 12.4 Å². The zero-order chi connectivity index (χ0) is 9.97. The first-order valence-electron chi connectivity index (χ1n) is 5.07. The molecule has 0 radical (unpaired) electrons. The summed E-state index contributed by atoms with van der Waals surface area (Å²) in [5, 5.41) is 3.79. The summed E-state index contributed by atoms with van der Waals surface area (Å²) in [7, 11) is 0. The maximum atomic E-state index is 5.82. The van der Waals surface area contributed by atoms with Crippen LogP contribution in [0.5, 0.6) is 0 Å². The third-order valence-corrected chi connectivity index (χ3v) is 2.79. The monoisotopic (exact) mass is 232 g/mol. The number of hydrogen-bond acceptors (Lipinski definition) is 5. The predicted molar refractivity (Wildman–Crippen MR) is 58.6 cm³/mol. The van der Waals surface area contributed by atoms with Gasteiger partial charge in [0.25, 0.3) is 0 Å². The molecule has 0 aliphatic heterocycles. The van der Waals surface area contributed by atoms with E-state index in [1.807, 2.05) is 0 Å². The molecule has 1 aromatic heterocycles. The van der Waals surface area contributed by atoms with Crippen molar-refractivity contribution < 1.29 is 4.52 Å². The summed E-state index contributed by atoms with van der Waals surface area (Å²) in [4.78, 5) is 4.23. The van der Waals surface area contributed by atoms with Gasteiger partial charge in [0.05, 0.1) is 6.54 Å². The number of rotatable bonds is 2. The Kier molecular flexibility index (Phi) is 4.50. The van der Waals surface area contributed by atoms with Crippen molar-refractivity contribution in [2.24, 2.45) is 11.5 Å². The first-order valence-corrected chi connectivity index (χ1v) is 5.07. The highest BCUT2D eigenvalue weighted by Crippen LogP contribution is 2.30.